The average molecular weight is 345 g/mol. The number of rotatable bonds is 3. The lowest BCUT2D eigenvalue weighted by molar-refractivity contribution is -0.126. The number of esters is 1. The molecule has 0 saturated carbocycles. The summed E-state index contributed by atoms with van der Waals surface area (Å²) in [6.07, 6.45) is 1.36. The van der Waals surface area contributed by atoms with Crippen LogP contribution in [0.25, 0.3) is 0 Å². The van der Waals surface area contributed by atoms with Gasteiger partial charge in [-0.25, -0.2) is 9.78 Å². The minimum absolute atomic E-state index is 0.0260. The normalized spacial score (nSPS) is 17.3. The zero-order valence-corrected chi connectivity index (χ0v) is 14.2. The summed E-state index contributed by atoms with van der Waals surface area (Å²) in [7, 11) is 0. The molecule has 0 aliphatic carbocycles. The Morgan fingerprint density at radius 2 is 2.04 bits per heavy atom. The first-order chi connectivity index (χ1) is 11.5. The van der Waals surface area contributed by atoms with Crippen LogP contribution in [-0.4, -0.2) is 29.0 Å². The molecule has 2 atom stereocenters. The smallest absolute Gasteiger partial charge is 0.342 e. The number of aromatic nitrogens is 1. The summed E-state index contributed by atoms with van der Waals surface area (Å²) >= 11 is 5.89. The molecule has 1 aromatic carbocycles. The summed E-state index contributed by atoms with van der Waals surface area (Å²) in [5.74, 6) is -0.908. The molecule has 6 heteroatoms. The van der Waals surface area contributed by atoms with E-state index in [1.807, 2.05) is 31.2 Å². The van der Waals surface area contributed by atoms with E-state index in [-0.39, 0.29) is 22.7 Å². The Labute approximate surface area is 145 Å². The number of amides is 1. The maximum atomic E-state index is 12.8. The zero-order chi connectivity index (χ0) is 17.3. The van der Waals surface area contributed by atoms with E-state index in [0.29, 0.717) is 0 Å². The second-order valence-corrected chi connectivity index (χ2v) is 6.14. The summed E-state index contributed by atoms with van der Waals surface area (Å²) in [5, 5.41) is 0.0574. The van der Waals surface area contributed by atoms with Crippen molar-refractivity contribution in [2.75, 3.05) is 4.90 Å². The second kappa shape index (κ2) is 6.61. The number of carbonyl (C=O) groups excluding carboxylic acids is 2. The fraction of sp³-hybridized carbons (Fsp3) is 0.278. The van der Waals surface area contributed by atoms with Gasteiger partial charge in [-0.3, -0.25) is 4.79 Å². The van der Waals surface area contributed by atoms with E-state index in [0.717, 1.165) is 17.7 Å². The lowest BCUT2D eigenvalue weighted by Gasteiger charge is -2.26. The number of ether oxygens (including phenoxy) is 1. The van der Waals surface area contributed by atoms with Gasteiger partial charge in [-0.1, -0.05) is 29.8 Å². The monoisotopic (exact) mass is 344 g/mol. The number of fused-ring (bicyclic) bond motifs is 1. The van der Waals surface area contributed by atoms with Gasteiger partial charge in [0.25, 0.3) is 5.91 Å². The Kier molecular flexibility index (Phi) is 4.53. The molecule has 0 fully saturated rings. The van der Waals surface area contributed by atoms with E-state index >= 15 is 0 Å². The van der Waals surface area contributed by atoms with Crippen molar-refractivity contribution in [2.24, 2.45) is 0 Å². The van der Waals surface area contributed by atoms with Gasteiger partial charge in [-0.05, 0) is 44.0 Å². The Morgan fingerprint density at radius 3 is 2.79 bits per heavy atom. The number of hydrogen-bond donors (Lipinski definition) is 0. The molecule has 1 aliphatic heterocycles. The predicted molar refractivity (Wildman–Crippen MR) is 91.2 cm³/mol. The van der Waals surface area contributed by atoms with Crippen molar-refractivity contribution in [1.29, 1.82) is 0 Å². The van der Waals surface area contributed by atoms with Crippen LogP contribution >= 0.6 is 11.6 Å². The fourth-order valence-corrected chi connectivity index (χ4v) is 3.11. The topological polar surface area (TPSA) is 59.5 Å². The van der Waals surface area contributed by atoms with Gasteiger partial charge in [0.05, 0.1) is 5.56 Å². The minimum Gasteiger partial charge on any atom is -0.449 e. The van der Waals surface area contributed by atoms with Gasteiger partial charge in [-0.2, -0.15) is 0 Å². The van der Waals surface area contributed by atoms with Crippen LogP contribution in [0.4, 0.5) is 5.69 Å². The van der Waals surface area contributed by atoms with Crippen LogP contribution in [0, 0.1) is 0 Å². The molecule has 124 valence electrons. The van der Waals surface area contributed by atoms with Crippen molar-refractivity contribution in [3.05, 3.63) is 58.9 Å². The highest BCUT2D eigenvalue weighted by Crippen LogP contribution is 2.32. The third-order valence-corrected chi connectivity index (χ3v) is 4.36. The number of para-hydroxylation sites is 1. The molecule has 5 nitrogen and oxygen atoms in total. The van der Waals surface area contributed by atoms with Crippen molar-refractivity contribution in [3.63, 3.8) is 0 Å². The highest BCUT2D eigenvalue weighted by atomic mass is 35.5. The molecule has 0 N–H and O–H groups in total. The number of halogens is 1. The van der Waals surface area contributed by atoms with E-state index in [4.69, 9.17) is 16.3 Å². The Balaban J connectivity index is 1.76. The summed E-state index contributed by atoms with van der Waals surface area (Å²) in [6.45, 7) is 3.54. The number of pyridine rings is 1. The van der Waals surface area contributed by atoms with E-state index in [9.17, 15) is 9.59 Å². The number of nitrogens with zero attached hydrogens (tertiary/aromatic N) is 2. The number of carbonyl (C=O) groups is 2. The molecule has 0 unspecified atom stereocenters. The van der Waals surface area contributed by atoms with Crippen molar-refractivity contribution >= 4 is 29.2 Å². The molecule has 0 spiro atoms. The molecule has 3 rings (SSSR count). The van der Waals surface area contributed by atoms with Gasteiger partial charge in [0, 0.05) is 17.9 Å². The van der Waals surface area contributed by atoms with Crippen molar-refractivity contribution in [3.8, 4) is 0 Å². The lowest BCUT2D eigenvalue weighted by atomic mass is 10.1. The standard InChI is InChI=1S/C18H17ClN2O3/c1-11-10-13-6-3-4-8-15(13)21(11)17(22)12(2)24-18(23)14-7-5-9-20-16(14)19/h3-9,11-12H,10H2,1-2H3/t11-,12-/m1/s1. The molecule has 0 bridgehead atoms. The first kappa shape index (κ1) is 16.5. The van der Waals surface area contributed by atoms with E-state index in [1.54, 1.807) is 17.9 Å². The Bertz CT molecular complexity index is 793. The SMILES string of the molecule is C[C@@H]1Cc2ccccc2N1C(=O)[C@@H](C)OC(=O)c1cccnc1Cl. The molecule has 1 amide bonds. The summed E-state index contributed by atoms with van der Waals surface area (Å²) < 4.78 is 5.30. The fourth-order valence-electron chi connectivity index (χ4n) is 2.91. The summed E-state index contributed by atoms with van der Waals surface area (Å²) in [6, 6.07) is 10.9. The summed E-state index contributed by atoms with van der Waals surface area (Å²) in [5.41, 5.74) is 2.14. The number of hydrogen-bond acceptors (Lipinski definition) is 4. The first-order valence-electron chi connectivity index (χ1n) is 7.71. The van der Waals surface area contributed by atoms with Gasteiger partial charge in [0.2, 0.25) is 0 Å². The van der Waals surface area contributed by atoms with Crippen LogP contribution in [0.3, 0.4) is 0 Å². The van der Waals surface area contributed by atoms with Crippen LogP contribution in [0.1, 0.15) is 29.8 Å². The maximum Gasteiger partial charge on any atom is 0.342 e. The molecule has 0 radical (unpaired) electrons. The van der Waals surface area contributed by atoms with Gasteiger partial charge < -0.3 is 9.64 Å². The quantitative estimate of drug-likeness (QED) is 0.633. The molecular formula is C18H17ClN2O3. The van der Waals surface area contributed by atoms with E-state index < -0.39 is 12.1 Å². The van der Waals surface area contributed by atoms with Gasteiger partial charge >= 0.3 is 5.97 Å². The van der Waals surface area contributed by atoms with Crippen LogP contribution in [0.2, 0.25) is 5.15 Å². The predicted octanol–water partition coefficient (Wildman–Crippen LogP) is 3.26. The van der Waals surface area contributed by atoms with Crippen molar-refractivity contribution in [2.45, 2.75) is 32.4 Å². The number of anilines is 1. The third kappa shape index (κ3) is 2.99. The van der Waals surface area contributed by atoms with Crippen LogP contribution in [-0.2, 0) is 16.0 Å². The molecule has 2 aromatic rings. The minimum atomic E-state index is -0.914. The highest BCUT2D eigenvalue weighted by Gasteiger charge is 2.34. The van der Waals surface area contributed by atoms with Gasteiger partial charge in [0.1, 0.15) is 5.15 Å². The van der Waals surface area contributed by atoms with Gasteiger partial charge in [-0.15, -0.1) is 0 Å². The lowest BCUT2D eigenvalue weighted by Crippen LogP contribution is -2.43. The highest BCUT2D eigenvalue weighted by molar-refractivity contribution is 6.32. The second-order valence-electron chi connectivity index (χ2n) is 5.78. The average Bonchev–Trinajstić information content (AvgIpc) is 2.90. The maximum absolute atomic E-state index is 12.8. The molecule has 1 aromatic heterocycles. The number of benzene rings is 1. The Morgan fingerprint density at radius 1 is 1.29 bits per heavy atom. The third-order valence-electron chi connectivity index (χ3n) is 4.06. The largest absolute Gasteiger partial charge is 0.449 e. The Hall–Kier alpha value is -2.40. The van der Waals surface area contributed by atoms with Gasteiger partial charge in [0.15, 0.2) is 6.10 Å². The molecular weight excluding hydrogens is 328 g/mol. The molecule has 0 saturated heterocycles. The van der Waals surface area contributed by atoms with E-state index in [1.165, 1.54) is 12.3 Å². The molecule has 24 heavy (non-hydrogen) atoms. The molecule has 2 heterocycles. The zero-order valence-electron chi connectivity index (χ0n) is 13.4. The van der Waals surface area contributed by atoms with Crippen LogP contribution in [0.15, 0.2) is 42.6 Å². The summed E-state index contributed by atoms with van der Waals surface area (Å²) in [4.78, 5) is 30.5. The van der Waals surface area contributed by atoms with Crippen molar-refractivity contribution < 1.29 is 14.3 Å². The van der Waals surface area contributed by atoms with Crippen molar-refractivity contribution in [1.82, 2.24) is 4.98 Å². The molecule has 1 aliphatic rings. The van der Waals surface area contributed by atoms with E-state index in [2.05, 4.69) is 4.98 Å². The van der Waals surface area contributed by atoms with Crippen LogP contribution < -0.4 is 4.90 Å². The first-order valence-corrected chi connectivity index (χ1v) is 8.09. The van der Waals surface area contributed by atoms with Crippen LogP contribution in [0.5, 0.6) is 0 Å².